The summed E-state index contributed by atoms with van der Waals surface area (Å²) in [6.07, 6.45) is -0.843. The summed E-state index contributed by atoms with van der Waals surface area (Å²) >= 11 is 8.81. The van der Waals surface area contributed by atoms with E-state index in [-0.39, 0.29) is 41.2 Å². The largest absolute Gasteiger partial charge is 0.444 e. The minimum absolute atomic E-state index is 0.150. The molecule has 4 fully saturated rings. The van der Waals surface area contributed by atoms with Gasteiger partial charge in [-0.25, -0.2) is 9.59 Å². The topological polar surface area (TPSA) is 266 Å². The summed E-state index contributed by atoms with van der Waals surface area (Å²) in [4.78, 5) is 128. The number of fused-ring (bicyclic) bond motifs is 2. The lowest BCUT2D eigenvalue weighted by Crippen LogP contribution is -2.58. The molecule has 0 radical (unpaired) electrons. The second kappa shape index (κ2) is 27.8. The zero-order valence-corrected chi connectivity index (χ0v) is 50.7. The monoisotopic (exact) mass is 1180 g/mol. The first-order chi connectivity index (χ1) is 38.6. The van der Waals surface area contributed by atoms with Crippen LogP contribution in [0.3, 0.4) is 0 Å². The summed E-state index contributed by atoms with van der Waals surface area (Å²) in [5, 5.41) is 18.8. The molecule has 24 heteroatoms. The molecule has 4 saturated heterocycles. The van der Waals surface area contributed by atoms with Crippen LogP contribution in [0.25, 0.3) is 0 Å². The molecule has 0 saturated carbocycles. The van der Waals surface area contributed by atoms with Gasteiger partial charge in [-0.2, -0.15) is 0 Å². The van der Waals surface area contributed by atoms with Crippen LogP contribution in [0.1, 0.15) is 111 Å². The number of amides is 9. The van der Waals surface area contributed by atoms with Gasteiger partial charge in [-0.1, -0.05) is 112 Å². The van der Waals surface area contributed by atoms with E-state index >= 15 is 0 Å². The third-order valence-corrected chi connectivity index (χ3v) is 17.5. The third kappa shape index (κ3) is 16.2. The Balaban J connectivity index is 1.07. The van der Waals surface area contributed by atoms with Gasteiger partial charge in [0.25, 0.3) is 5.91 Å². The van der Waals surface area contributed by atoms with Crippen molar-refractivity contribution < 1.29 is 52.6 Å². The maximum Gasteiger partial charge on any atom is 0.410 e. The summed E-state index contributed by atoms with van der Waals surface area (Å²) in [5.41, 5.74) is -1.16. The number of benzene rings is 2. The Morgan fingerprint density at radius 2 is 1.13 bits per heavy atom. The van der Waals surface area contributed by atoms with Gasteiger partial charge in [0.2, 0.25) is 35.4 Å². The van der Waals surface area contributed by atoms with Gasteiger partial charge >= 0.3 is 12.2 Å². The van der Waals surface area contributed by atoms with E-state index in [4.69, 9.17) is 21.7 Å². The number of hydrogen-bond donors (Lipinski definition) is 7. The maximum atomic E-state index is 14.6. The van der Waals surface area contributed by atoms with Crippen LogP contribution < -0.4 is 37.2 Å². The number of thioether (sulfide) groups is 2. The number of nitrogens with one attached hydrogen (secondary N) is 7. The standard InChI is InChI=1S/C58H76N10O11S3/c1-34(66(11)55(77)79-56(3,4)5)51(80)63-39-27-31-82-41-33-58(8,9)45(68(41)53(39)75)50(73)65-43(37-24-18-15-19-25-37)48(71)61-29-21-13-12-20-28-60-47(70)42(36-22-16-14-17-23-36)64-49(72)44-57(6,7)32-40-67(44)52(74)38(26-30-81-40)62-46(69)35(2)78-54(76)59-10/h14-19,22-25,34-35,38-45H,26-33H2,1-11H3,(H,59,76)(H,60,70)(H,61,71)(H,62,69)(H,63,80)(H,64,72)(H,65,73)/t34?,35?,38-,39-,40-,41-,42?,43?,44+,45+/m0/s1. The van der Waals surface area contributed by atoms with Crippen molar-refractivity contribution in [2.24, 2.45) is 10.8 Å². The van der Waals surface area contributed by atoms with E-state index in [1.807, 2.05) is 27.7 Å². The van der Waals surface area contributed by atoms with Gasteiger partial charge in [0.15, 0.2) is 6.10 Å². The number of carbonyl (C=O) groups excluding carboxylic acids is 9. The lowest BCUT2D eigenvalue weighted by Gasteiger charge is -2.35. The molecule has 82 heavy (non-hydrogen) atoms. The number of rotatable bonds is 16. The Labute approximate surface area is 494 Å². The van der Waals surface area contributed by atoms with Crippen LogP contribution in [0.5, 0.6) is 0 Å². The van der Waals surface area contributed by atoms with Crippen molar-refractivity contribution in [1.29, 1.82) is 0 Å². The van der Waals surface area contributed by atoms with E-state index in [9.17, 15) is 43.2 Å². The average Bonchev–Trinajstić information content (AvgIpc) is 2.34. The van der Waals surface area contributed by atoms with Crippen LogP contribution >= 0.6 is 35.7 Å². The molecule has 442 valence electrons. The third-order valence-electron chi connectivity index (χ3n) is 14.5. The first-order valence-corrected chi connectivity index (χ1v) is 29.7. The summed E-state index contributed by atoms with van der Waals surface area (Å²) in [7, 11) is 2.93. The molecular weight excluding hydrogens is 1110 g/mol. The van der Waals surface area contributed by atoms with Crippen molar-refractivity contribution in [3.8, 4) is 23.7 Å². The highest BCUT2D eigenvalue weighted by molar-refractivity contribution is 8.00. The van der Waals surface area contributed by atoms with Crippen LogP contribution in [0.4, 0.5) is 9.59 Å². The molecule has 2 aromatic rings. The molecule has 0 spiro atoms. The molecular formula is C58H76N10O11S3. The minimum atomic E-state index is -1.19. The van der Waals surface area contributed by atoms with E-state index in [1.54, 1.807) is 112 Å². The van der Waals surface area contributed by atoms with E-state index < -0.39 is 112 Å². The minimum Gasteiger partial charge on any atom is -0.444 e. The van der Waals surface area contributed by atoms with Crippen LogP contribution in [-0.2, 0) is 43.0 Å². The van der Waals surface area contributed by atoms with Crippen LogP contribution in [-0.4, -0.2) is 165 Å². The molecule has 0 aliphatic carbocycles. The summed E-state index contributed by atoms with van der Waals surface area (Å²) in [5.74, 6) is 8.38. The van der Waals surface area contributed by atoms with Crippen LogP contribution in [0.15, 0.2) is 60.7 Å². The summed E-state index contributed by atoms with van der Waals surface area (Å²) < 4.78 is 10.6. The zero-order chi connectivity index (χ0) is 60.3. The van der Waals surface area contributed by atoms with Crippen LogP contribution in [0.2, 0.25) is 0 Å². The van der Waals surface area contributed by atoms with Gasteiger partial charge in [-0.3, -0.25) is 33.6 Å². The molecule has 4 aliphatic rings. The predicted molar refractivity (Wildman–Crippen MR) is 316 cm³/mol. The normalized spacial score (nSPS) is 23.0. The van der Waals surface area contributed by atoms with Crippen LogP contribution in [0, 0.1) is 34.5 Å². The Morgan fingerprint density at radius 1 is 0.707 bits per heavy atom. The van der Waals surface area contributed by atoms with E-state index in [2.05, 4.69) is 60.9 Å². The quantitative estimate of drug-likeness (QED) is 0.0929. The smallest absolute Gasteiger partial charge is 0.410 e. The number of likely N-dealkylation sites (N-methyl/N-ethyl adjacent to an activating group) is 1. The van der Waals surface area contributed by atoms with E-state index in [1.165, 1.54) is 35.5 Å². The Bertz CT molecular complexity index is 2870. The SMILES string of the molecule is CNC(=O)OC(C)C(=O)N[C@H]1CCS[C@H]2CC(C)(C)[C@@H](C(=O)NC(C(=O)NCC#CC#CCNC(=O)C(NC(=O)[C@H]3N4C(=O)[C@@H](NC(=S)C(C)N(C)C(=O)OC(C)(C)C)CCS[C@H]4CC3(C)C)c3ccccc3)c3ccccc3)N2C1=O. The molecule has 4 heterocycles. The molecule has 10 atom stereocenters. The Morgan fingerprint density at radius 3 is 1.55 bits per heavy atom. The highest BCUT2D eigenvalue weighted by atomic mass is 32.2. The second-order valence-corrected chi connectivity index (χ2v) is 25.9. The van der Waals surface area contributed by atoms with Crippen molar-refractivity contribution in [1.82, 2.24) is 51.9 Å². The predicted octanol–water partition coefficient (Wildman–Crippen LogP) is 3.89. The van der Waals surface area contributed by atoms with Gasteiger partial charge in [-0.05, 0) is 106 Å². The van der Waals surface area contributed by atoms with Crippen molar-refractivity contribution >= 4 is 94.3 Å². The summed E-state index contributed by atoms with van der Waals surface area (Å²) in [6, 6.07) is 10.6. The van der Waals surface area contributed by atoms with Gasteiger partial charge in [0.05, 0.1) is 34.9 Å². The van der Waals surface area contributed by atoms with E-state index in [0.717, 1.165) is 0 Å². The zero-order valence-electron chi connectivity index (χ0n) is 48.3. The van der Waals surface area contributed by atoms with Crippen molar-refractivity contribution in [3.63, 3.8) is 0 Å². The fourth-order valence-electron chi connectivity index (χ4n) is 10.2. The number of hydrogen-bond acceptors (Lipinski definition) is 14. The molecule has 21 nitrogen and oxygen atoms in total. The second-order valence-electron chi connectivity index (χ2n) is 22.8. The molecule has 2 aromatic carbocycles. The molecule has 6 rings (SSSR count). The molecule has 4 aliphatic heterocycles. The van der Waals surface area contributed by atoms with Crippen molar-refractivity contribution in [2.45, 2.75) is 153 Å². The lowest BCUT2D eigenvalue weighted by molar-refractivity contribution is -0.145. The average molecular weight is 1190 g/mol. The molecule has 4 unspecified atom stereocenters. The number of nitrogens with zero attached hydrogens (tertiary/aromatic N) is 3. The molecule has 9 amide bonds. The van der Waals surface area contributed by atoms with Crippen molar-refractivity contribution in [2.75, 3.05) is 38.7 Å². The van der Waals surface area contributed by atoms with Gasteiger partial charge in [0.1, 0.15) is 41.9 Å². The maximum absolute atomic E-state index is 14.6. The van der Waals surface area contributed by atoms with Gasteiger partial charge < -0.3 is 61.4 Å². The molecule has 0 aromatic heterocycles. The Kier molecular flexibility index (Phi) is 21.8. The molecule has 7 N–H and O–H groups in total. The van der Waals surface area contributed by atoms with E-state index in [0.29, 0.717) is 41.9 Å². The number of alkyl carbamates (subject to hydrolysis) is 1. The van der Waals surface area contributed by atoms with Crippen molar-refractivity contribution in [3.05, 3.63) is 71.8 Å². The molecule has 0 bridgehead atoms. The number of ether oxygens (including phenoxy) is 2. The number of thiocarbonyl (C=S) groups is 1. The first-order valence-electron chi connectivity index (χ1n) is 27.2. The first kappa shape index (κ1) is 64.2. The summed E-state index contributed by atoms with van der Waals surface area (Å²) in [6.45, 7) is 15.7. The van der Waals surface area contributed by atoms with Gasteiger partial charge in [-0.15, -0.1) is 23.5 Å². The lowest BCUT2D eigenvalue weighted by atomic mass is 9.83. The Hall–Kier alpha value is -7.02. The fourth-order valence-corrected chi connectivity index (χ4v) is 13.7. The fraction of sp³-hybridized carbons (Fsp3) is 0.552. The number of carbonyl (C=O) groups is 9. The highest BCUT2D eigenvalue weighted by Gasteiger charge is 2.56. The highest BCUT2D eigenvalue weighted by Crippen LogP contribution is 2.48. The van der Waals surface area contributed by atoms with Gasteiger partial charge in [0, 0.05) is 14.1 Å².